The number of nitro benzene ring substituents is 1. The van der Waals surface area contributed by atoms with Crippen LogP contribution in [0.5, 0.6) is 5.75 Å². The number of carbonyl (C=O) groups excluding carboxylic acids is 1. The summed E-state index contributed by atoms with van der Waals surface area (Å²) in [5.74, 6) is -0.360. The zero-order valence-corrected chi connectivity index (χ0v) is 16.6. The lowest BCUT2D eigenvalue weighted by Gasteiger charge is -2.01. The number of hydrogen-bond donors (Lipinski definition) is 2. The number of carbonyl (C=O) groups is 1. The predicted molar refractivity (Wildman–Crippen MR) is 119 cm³/mol. The molecule has 0 radical (unpaired) electrons. The van der Waals surface area contributed by atoms with Crippen LogP contribution in [0, 0.1) is 10.1 Å². The third-order valence-electron chi connectivity index (χ3n) is 4.61. The standard InChI is InChI=1S/C23H17N5O4/c29-21-12-6-17(7-13-21)23(30)25-24-14-18-15-27(19-8-10-20(11-9-19)28(31)32)26-22(18)16-4-2-1-3-5-16/h1-15,29H,(H,25,30)/b24-14-. The number of benzene rings is 3. The summed E-state index contributed by atoms with van der Waals surface area (Å²) in [5, 5.41) is 28.9. The van der Waals surface area contributed by atoms with Crippen LogP contribution in [0.3, 0.4) is 0 Å². The van der Waals surface area contributed by atoms with Gasteiger partial charge in [0.1, 0.15) is 11.4 Å². The van der Waals surface area contributed by atoms with Crippen LogP contribution in [0.25, 0.3) is 16.9 Å². The van der Waals surface area contributed by atoms with Gasteiger partial charge in [0, 0.05) is 35.0 Å². The highest BCUT2D eigenvalue weighted by molar-refractivity contribution is 5.95. The molecular weight excluding hydrogens is 410 g/mol. The molecule has 0 bridgehead atoms. The number of hydrazone groups is 1. The van der Waals surface area contributed by atoms with E-state index < -0.39 is 10.8 Å². The van der Waals surface area contributed by atoms with Gasteiger partial charge in [0.15, 0.2) is 0 Å². The maximum atomic E-state index is 12.2. The molecule has 0 unspecified atom stereocenters. The first-order valence-electron chi connectivity index (χ1n) is 9.53. The molecule has 0 saturated heterocycles. The predicted octanol–water partition coefficient (Wildman–Crippen LogP) is 3.92. The first-order chi connectivity index (χ1) is 15.5. The maximum Gasteiger partial charge on any atom is 0.271 e. The molecule has 1 aromatic heterocycles. The summed E-state index contributed by atoms with van der Waals surface area (Å²) in [6, 6.07) is 21.3. The zero-order valence-electron chi connectivity index (χ0n) is 16.6. The van der Waals surface area contributed by atoms with Crippen LogP contribution in [0.15, 0.2) is 90.2 Å². The molecule has 32 heavy (non-hydrogen) atoms. The number of phenols is 1. The van der Waals surface area contributed by atoms with Gasteiger partial charge in [-0.25, -0.2) is 10.1 Å². The van der Waals surface area contributed by atoms with Crippen LogP contribution in [0.4, 0.5) is 5.69 Å². The van der Waals surface area contributed by atoms with E-state index in [2.05, 4.69) is 15.6 Å². The van der Waals surface area contributed by atoms with Crippen LogP contribution < -0.4 is 5.43 Å². The van der Waals surface area contributed by atoms with E-state index >= 15 is 0 Å². The normalized spacial score (nSPS) is 10.9. The number of nitrogens with zero attached hydrogens (tertiary/aromatic N) is 4. The van der Waals surface area contributed by atoms with Crippen molar-refractivity contribution in [2.75, 3.05) is 0 Å². The molecule has 9 heteroatoms. The number of aromatic nitrogens is 2. The quantitative estimate of drug-likeness (QED) is 0.274. The number of aromatic hydroxyl groups is 1. The van der Waals surface area contributed by atoms with E-state index in [0.29, 0.717) is 22.5 Å². The Kier molecular flexibility index (Phi) is 5.71. The Balaban J connectivity index is 1.62. The fourth-order valence-corrected chi connectivity index (χ4v) is 3.00. The third-order valence-corrected chi connectivity index (χ3v) is 4.61. The molecule has 0 fully saturated rings. The fraction of sp³-hybridized carbons (Fsp3) is 0. The lowest BCUT2D eigenvalue weighted by molar-refractivity contribution is -0.384. The van der Waals surface area contributed by atoms with E-state index in [9.17, 15) is 20.0 Å². The van der Waals surface area contributed by atoms with Crippen LogP contribution in [-0.4, -0.2) is 31.9 Å². The average Bonchev–Trinajstić information content (AvgIpc) is 3.24. The molecule has 158 valence electrons. The molecule has 0 aliphatic rings. The number of rotatable bonds is 6. The van der Waals surface area contributed by atoms with Gasteiger partial charge in [-0.15, -0.1) is 0 Å². The molecule has 4 aromatic rings. The summed E-state index contributed by atoms with van der Waals surface area (Å²) in [7, 11) is 0. The van der Waals surface area contributed by atoms with Crippen LogP contribution in [0.2, 0.25) is 0 Å². The van der Waals surface area contributed by atoms with Gasteiger partial charge in [0.05, 0.1) is 16.8 Å². The van der Waals surface area contributed by atoms with Crippen LogP contribution in [-0.2, 0) is 0 Å². The monoisotopic (exact) mass is 427 g/mol. The number of phenolic OH excluding ortho intramolecular Hbond substituents is 1. The van der Waals surface area contributed by atoms with Crippen molar-refractivity contribution in [1.82, 2.24) is 15.2 Å². The summed E-state index contributed by atoms with van der Waals surface area (Å²) in [4.78, 5) is 22.7. The molecule has 4 rings (SSSR count). The Morgan fingerprint density at radius 2 is 1.72 bits per heavy atom. The largest absolute Gasteiger partial charge is 0.508 e. The highest BCUT2D eigenvalue weighted by atomic mass is 16.6. The van der Waals surface area contributed by atoms with Gasteiger partial charge in [0.25, 0.3) is 11.6 Å². The fourth-order valence-electron chi connectivity index (χ4n) is 3.00. The Morgan fingerprint density at radius 1 is 1.03 bits per heavy atom. The van der Waals surface area contributed by atoms with Crippen molar-refractivity contribution in [1.29, 1.82) is 0 Å². The SMILES string of the molecule is O=C(N/N=C\c1cn(-c2ccc([N+](=O)[O-])cc2)nc1-c1ccccc1)c1ccc(O)cc1. The number of non-ortho nitro benzene ring substituents is 1. The molecule has 9 nitrogen and oxygen atoms in total. The average molecular weight is 427 g/mol. The molecule has 0 saturated carbocycles. The summed E-state index contributed by atoms with van der Waals surface area (Å²) >= 11 is 0. The van der Waals surface area contributed by atoms with Gasteiger partial charge in [-0.2, -0.15) is 10.2 Å². The second-order valence-electron chi connectivity index (χ2n) is 6.76. The maximum absolute atomic E-state index is 12.2. The minimum absolute atomic E-state index is 0.0112. The van der Waals surface area contributed by atoms with E-state index in [0.717, 1.165) is 5.56 Å². The summed E-state index contributed by atoms with van der Waals surface area (Å²) in [5.41, 5.74) is 5.55. The van der Waals surface area contributed by atoms with Crippen molar-refractivity contribution in [3.05, 3.63) is 106 Å². The molecular formula is C23H17N5O4. The molecule has 1 heterocycles. The Morgan fingerprint density at radius 3 is 2.38 bits per heavy atom. The zero-order chi connectivity index (χ0) is 22.5. The van der Waals surface area contributed by atoms with E-state index in [4.69, 9.17) is 0 Å². The first kappa shape index (κ1) is 20.5. The van der Waals surface area contributed by atoms with Gasteiger partial charge < -0.3 is 5.11 Å². The number of nitro groups is 1. The summed E-state index contributed by atoms with van der Waals surface area (Å²) in [6.45, 7) is 0. The molecule has 0 aliphatic heterocycles. The van der Waals surface area contributed by atoms with E-state index in [1.165, 1.54) is 42.6 Å². The van der Waals surface area contributed by atoms with Crippen molar-refractivity contribution in [3.63, 3.8) is 0 Å². The van der Waals surface area contributed by atoms with Gasteiger partial charge >= 0.3 is 0 Å². The minimum atomic E-state index is -0.461. The minimum Gasteiger partial charge on any atom is -0.508 e. The highest BCUT2D eigenvalue weighted by Gasteiger charge is 2.12. The van der Waals surface area contributed by atoms with Crippen molar-refractivity contribution in [2.45, 2.75) is 0 Å². The highest BCUT2D eigenvalue weighted by Crippen LogP contribution is 2.23. The molecule has 1 amide bonds. The van der Waals surface area contributed by atoms with Crippen LogP contribution in [0.1, 0.15) is 15.9 Å². The van der Waals surface area contributed by atoms with Gasteiger partial charge in [-0.3, -0.25) is 14.9 Å². The summed E-state index contributed by atoms with van der Waals surface area (Å²) < 4.78 is 1.59. The van der Waals surface area contributed by atoms with Crippen molar-refractivity contribution >= 4 is 17.8 Å². The topological polar surface area (TPSA) is 123 Å². The first-order valence-corrected chi connectivity index (χ1v) is 9.53. The van der Waals surface area contributed by atoms with E-state index in [1.54, 1.807) is 23.0 Å². The Bertz CT molecular complexity index is 1280. The van der Waals surface area contributed by atoms with Crippen LogP contribution >= 0.6 is 0 Å². The van der Waals surface area contributed by atoms with Gasteiger partial charge in [-0.1, -0.05) is 30.3 Å². The van der Waals surface area contributed by atoms with Crippen molar-refractivity contribution in [3.8, 4) is 22.7 Å². The van der Waals surface area contributed by atoms with Gasteiger partial charge in [-0.05, 0) is 36.4 Å². The molecule has 3 aromatic carbocycles. The number of amides is 1. The Hall–Kier alpha value is -4.79. The van der Waals surface area contributed by atoms with Crippen molar-refractivity contribution in [2.24, 2.45) is 5.10 Å². The molecule has 0 spiro atoms. The van der Waals surface area contributed by atoms with E-state index in [-0.39, 0.29) is 11.4 Å². The summed E-state index contributed by atoms with van der Waals surface area (Å²) in [6.07, 6.45) is 3.20. The third kappa shape index (κ3) is 4.51. The lowest BCUT2D eigenvalue weighted by Crippen LogP contribution is -2.17. The smallest absolute Gasteiger partial charge is 0.271 e. The second-order valence-corrected chi connectivity index (χ2v) is 6.76. The van der Waals surface area contributed by atoms with Crippen molar-refractivity contribution < 1.29 is 14.8 Å². The second kappa shape index (κ2) is 8.92. The van der Waals surface area contributed by atoms with Gasteiger partial charge in [0.2, 0.25) is 0 Å². The molecule has 2 N–H and O–H groups in total. The lowest BCUT2D eigenvalue weighted by atomic mass is 10.1. The number of nitrogens with one attached hydrogen (secondary N) is 1. The number of hydrogen-bond acceptors (Lipinski definition) is 6. The molecule has 0 atom stereocenters. The van der Waals surface area contributed by atoms with E-state index in [1.807, 2.05) is 30.3 Å². The Labute approximate surface area is 182 Å². The molecule has 0 aliphatic carbocycles.